The minimum atomic E-state index is -0.470. The highest BCUT2D eigenvalue weighted by Gasteiger charge is 2.34. The summed E-state index contributed by atoms with van der Waals surface area (Å²) in [7, 11) is 0. The lowest BCUT2D eigenvalue weighted by Crippen LogP contribution is -2.41. The first kappa shape index (κ1) is 17.6. The lowest BCUT2D eigenvalue weighted by Gasteiger charge is -2.32. The Morgan fingerprint density at radius 1 is 1.24 bits per heavy atom. The van der Waals surface area contributed by atoms with Crippen molar-refractivity contribution in [2.24, 2.45) is 5.92 Å². The summed E-state index contributed by atoms with van der Waals surface area (Å²) >= 11 is 3.45. The zero-order valence-electron chi connectivity index (χ0n) is 13.9. The molecule has 3 rings (SSSR count). The SMILES string of the molecule is CC(C)C(=O)N1CC(=O)Nc2ccc(Br)cc2[C@H]1c1ccc(F)cc1. The second kappa shape index (κ2) is 6.96. The molecule has 1 N–H and O–H groups in total. The molecule has 1 heterocycles. The maximum atomic E-state index is 13.4. The number of hydrogen-bond donors (Lipinski definition) is 1. The Hall–Kier alpha value is -2.21. The van der Waals surface area contributed by atoms with Crippen molar-refractivity contribution in [3.8, 4) is 0 Å². The predicted octanol–water partition coefficient (Wildman–Crippen LogP) is 4.11. The van der Waals surface area contributed by atoms with Gasteiger partial charge >= 0.3 is 0 Å². The summed E-state index contributed by atoms with van der Waals surface area (Å²) in [4.78, 5) is 26.7. The molecule has 2 aromatic carbocycles. The van der Waals surface area contributed by atoms with Crippen LogP contribution < -0.4 is 5.32 Å². The molecule has 0 saturated heterocycles. The molecule has 2 amide bonds. The molecule has 0 unspecified atom stereocenters. The number of carbonyl (C=O) groups is 2. The molecular weight excluding hydrogens is 387 g/mol. The van der Waals surface area contributed by atoms with Crippen LogP contribution in [0.1, 0.15) is 31.0 Å². The number of fused-ring (bicyclic) bond motifs is 1. The Balaban J connectivity index is 2.21. The summed E-state index contributed by atoms with van der Waals surface area (Å²) in [6, 6.07) is 11.1. The first-order valence-corrected chi connectivity index (χ1v) is 8.81. The van der Waals surface area contributed by atoms with Gasteiger partial charge in [-0.2, -0.15) is 0 Å². The average Bonchev–Trinajstić information content (AvgIpc) is 2.70. The summed E-state index contributed by atoms with van der Waals surface area (Å²) < 4.78 is 14.2. The zero-order valence-corrected chi connectivity index (χ0v) is 15.5. The highest BCUT2D eigenvalue weighted by Crippen LogP contribution is 2.37. The molecule has 0 spiro atoms. The van der Waals surface area contributed by atoms with E-state index in [1.807, 2.05) is 12.1 Å². The van der Waals surface area contributed by atoms with Crippen LogP contribution >= 0.6 is 15.9 Å². The maximum absolute atomic E-state index is 13.4. The summed E-state index contributed by atoms with van der Waals surface area (Å²) in [6.45, 7) is 3.55. The van der Waals surface area contributed by atoms with Crippen molar-refractivity contribution >= 4 is 33.4 Å². The minimum Gasteiger partial charge on any atom is -0.324 e. The Morgan fingerprint density at radius 3 is 2.56 bits per heavy atom. The highest BCUT2D eigenvalue weighted by atomic mass is 79.9. The van der Waals surface area contributed by atoms with Crippen molar-refractivity contribution in [2.75, 3.05) is 11.9 Å². The van der Waals surface area contributed by atoms with Crippen LogP contribution in [0.2, 0.25) is 0 Å². The molecule has 25 heavy (non-hydrogen) atoms. The van der Waals surface area contributed by atoms with E-state index >= 15 is 0 Å². The molecule has 4 nitrogen and oxygen atoms in total. The first-order chi connectivity index (χ1) is 11.9. The number of benzene rings is 2. The molecule has 0 bridgehead atoms. The van der Waals surface area contributed by atoms with E-state index in [-0.39, 0.29) is 30.1 Å². The van der Waals surface area contributed by atoms with Gasteiger partial charge < -0.3 is 10.2 Å². The lowest BCUT2D eigenvalue weighted by molar-refractivity contribution is -0.139. The van der Waals surface area contributed by atoms with E-state index in [1.165, 1.54) is 12.1 Å². The van der Waals surface area contributed by atoms with Crippen molar-refractivity contribution in [3.63, 3.8) is 0 Å². The molecule has 2 aromatic rings. The minimum absolute atomic E-state index is 0.0502. The number of anilines is 1. The van der Waals surface area contributed by atoms with Crippen LogP contribution in [0.4, 0.5) is 10.1 Å². The Labute approximate surface area is 154 Å². The van der Waals surface area contributed by atoms with Gasteiger partial charge in [0.2, 0.25) is 11.8 Å². The Bertz CT molecular complexity index is 821. The van der Waals surface area contributed by atoms with Gasteiger partial charge in [0, 0.05) is 21.6 Å². The molecule has 0 radical (unpaired) electrons. The number of carbonyl (C=O) groups excluding carboxylic acids is 2. The average molecular weight is 405 g/mol. The number of amides is 2. The maximum Gasteiger partial charge on any atom is 0.244 e. The zero-order chi connectivity index (χ0) is 18.1. The number of nitrogens with one attached hydrogen (secondary N) is 1. The molecule has 0 fully saturated rings. The third kappa shape index (κ3) is 3.58. The molecule has 1 aliphatic rings. The molecular formula is C19H18BrFN2O2. The number of nitrogens with zero attached hydrogens (tertiary/aromatic N) is 1. The van der Waals surface area contributed by atoms with Crippen LogP contribution in [0, 0.1) is 11.7 Å². The van der Waals surface area contributed by atoms with Crippen LogP contribution in [0.5, 0.6) is 0 Å². The molecule has 1 aliphatic heterocycles. The molecule has 130 valence electrons. The summed E-state index contributed by atoms with van der Waals surface area (Å²) in [5, 5.41) is 2.86. The smallest absolute Gasteiger partial charge is 0.244 e. The number of hydrogen-bond acceptors (Lipinski definition) is 2. The van der Waals surface area contributed by atoms with Crippen LogP contribution in [0.3, 0.4) is 0 Å². The van der Waals surface area contributed by atoms with Gasteiger partial charge in [-0.05, 0) is 35.9 Å². The lowest BCUT2D eigenvalue weighted by atomic mass is 9.95. The third-order valence-corrected chi connectivity index (χ3v) is 4.66. The van der Waals surface area contributed by atoms with Crippen molar-refractivity contribution in [2.45, 2.75) is 19.9 Å². The van der Waals surface area contributed by atoms with Crippen LogP contribution in [0.15, 0.2) is 46.9 Å². The van der Waals surface area contributed by atoms with E-state index in [1.54, 1.807) is 36.9 Å². The van der Waals surface area contributed by atoms with E-state index in [0.29, 0.717) is 5.69 Å². The quantitative estimate of drug-likeness (QED) is 0.818. The fourth-order valence-electron chi connectivity index (χ4n) is 3.02. The monoisotopic (exact) mass is 404 g/mol. The first-order valence-electron chi connectivity index (χ1n) is 8.02. The summed E-state index contributed by atoms with van der Waals surface area (Å²) in [6.07, 6.45) is 0. The van der Waals surface area contributed by atoms with Crippen molar-refractivity contribution in [3.05, 3.63) is 63.9 Å². The topological polar surface area (TPSA) is 49.4 Å². The van der Waals surface area contributed by atoms with Gasteiger partial charge in [0.15, 0.2) is 0 Å². The van der Waals surface area contributed by atoms with E-state index in [4.69, 9.17) is 0 Å². The van der Waals surface area contributed by atoms with E-state index < -0.39 is 6.04 Å². The normalized spacial score (nSPS) is 17.1. The van der Waals surface area contributed by atoms with Crippen molar-refractivity contribution in [1.29, 1.82) is 0 Å². The van der Waals surface area contributed by atoms with Crippen LogP contribution in [-0.2, 0) is 9.59 Å². The van der Waals surface area contributed by atoms with Crippen LogP contribution in [0.25, 0.3) is 0 Å². The van der Waals surface area contributed by atoms with Gasteiger partial charge in [0.25, 0.3) is 0 Å². The Kier molecular flexibility index (Phi) is 4.90. The van der Waals surface area contributed by atoms with E-state index in [9.17, 15) is 14.0 Å². The second-order valence-electron chi connectivity index (χ2n) is 6.35. The van der Waals surface area contributed by atoms with Gasteiger partial charge in [-0.3, -0.25) is 9.59 Å². The Morgan fingerprint density at radius 2 is 1.92 bits per heavy atom. The fraction of sp³-hybridized carbons (Fsp3) is 0.263. The van der Waals surface area contributed by atoms with Gasteiger partial charge in [0.05, 0.1) is 6.04 Å². The summed E-state index contributed by atoms with van der Waals surface area (Å²) in [5.41, 5.74) is 2.20. The molecule has 0 aromatic heterocycles. The number of rotatable bonds is 2. The molecule has 6 heteroatoms. The van der Waals surface area contributed by atoms with Gasteiger partial charge in [-0.1, -0.05) is 41.9 Å². The molecule has 1 atom stereocenters. The fourth-order valence-corrected chi connectivity index (χ4v) is 3.40. The van der Waals surface area contributed by atoms with Gasteiger partial charge in [-0.25, -0.2) is 4.39 Å². The van der Waals surface area contributed by atoms with Crippen molar-refractivity contribution in [1.82, 2.24) is 4.90 Å². The largest absolute Gasteiger partial charge is 0.324 e. The summed E-state index contributed by atoms with van der Waals surface area (Å²) in [5.74, 6) is -0.980. The predicted molar refractivity (Wildman–Crippen MR) is 97.6 cm³/mol. The second-order valence-corrected chi connectivity index (χ2v) is 7.27. The van der Waals surface area contributed by atoms with E-state index in [0.717, 1.165) is 15.6 Å². The molecule has 0 saturated carbocycles. The van der Waals surface area contributed by atoms with Crippen LogP contribution in [-0.4, -0.2) is 23.3 Å². The standard InChI is InChI=1S/C19H18BrFN2O2/c1-11(2)19(25)23-10-17(24)22-16-8-5-13(20)9-15(16)18(23)12-3-6-14(21)7-4-12/h3-9,11,18H,10H2,1-2H3,(H,22,24)/t18-/m1/s1. The molecule has 0 aliphatic carbocycles. The van der Waals surface area contributed by atoms with Gasteiger partial charge in [0.1, 0.15) is 12.4 Å². The van der Waals surface area contributed by atoms with E-state index in [2.05, 4.69) is 21.2 Å². The van der Waals surface area contributed by atoms with Crippen molar-refractivity contribution < 1.29 is 14.0 Å². The van der Waals surface area contributed by atoms with Gasteiger partial charge in [-0.15, -0.1) is 0 Å². The number of halogens is 2. The third-order valence-electron chi connectivity index (χ3n) is 4.17. The highest BCUT2D eigenvalue weighted by molar-refractivity contribution is 9.10.